The first-order chi connectivity index (χ1) is 5.58. The molecule has 1 aromatic rings. The fraction of sp³-hybridized carbons (Fsp3) is 0.143. The van der Waals surface area contributed by atoms with Crippen LogP contribution in [0.2, 0.25) is 5.02 Å². The number of rotatable bonds is 1. The summed E-state index contributed by atoms with van der Waals surface area (Å²) in [7, 11) is 0. The van der Waals surface area contributed by atoms with Crippen molar-refractivity contribution in [3.05, 3.63) is 22.8 Å². The van der Waals surface area contributed by atoms with Gasteiger partial charge in [-0.15, -0.1) is 0 Å². The number of hydrogen-bond donors (Lipinski definition) is 1. The minimum absolute atomic E-state index is 0.00694. The molecule has 0 aliphatic heterocycles. The summed E-state index contributed by atoms with van der Waals surface area (Å²) >= 11 is 5.62. The fourth-order valence-electron chi connectivity index (χ4n) is 0.739. The summed E-state index contributed by atoms with van der Waals surface area (Å²) in [5.74, 6) is -0.00694. The van der Waals surface area contributed by atoms with E-state index in [0.29, 0.717) is 10.7 Å². The third kappa shape index (κ3) is 2.39. The van der Waals surface area contributed by atoms with Crippen molar-refractivity contribution in [2.45, 2.75) is 6.92 Å². The number of hydrogen-bond acceptors (Lipinski definition) is 3. The van der Waals surface area contributed by atoms with Crippen LogP contribution in [0, 0.1) is 6.92 Å². The molecule has 12 heavy (non-hydrogen) atoms. The zero-order valence-corrected chi connectivity index (χ0v) is 7.00. The van der Waals surface area contributed by atoms with Crippen molar-refractivity contribution in [2.24, 2.45) is 0 Å². The fourth-order valence-corrected chi connectivity index (χ4v) is 0.991. The van der Waals surface area contributed by atoms with Crippen molar-refractivity contribution in [3.63, 3.8) is 0 Å². The van der Waals surface area contributed by atoms with Crippen LogP contribution in [0.5, 0.6) is 5.88 Å². The third-order valence-corrected chi connectivity index (χ3v) is 1.30. The van der Waals surface area contributed by atoms with E-state index in [-0.39, 0.29) is 5.88 Å². The maximum Gasteiger partial charge on any atom is 0.512 e. The molecule has 0 saturated heterocycles. The van der Waals surface area contributed by atoms with Crippen molar-refractivity contribution >= 4 is 17.8 Å². The minimum atomic E-state index is -1.40. The van der Waals surface area contributed by atoms with Crippen LogP contribution < -0.4 is 4.74 Å². The summed E-state index contributed by atoms with van der Waals surface area (Å²) in [4.78, 5) is 13.9. The number of pyridine rings is 1. The highest BCUT2D eigenvalue weighted by Gasteiger charge is 2.03. The van der Waals surface area contributed by atoms with E-state index in [1.807, 2.05) is 0 Å². The van der Waals surface area contributed by atoms with Crippen LogP contribution in [0.4, 0.5) is 4.79 Å². The predicted molar refractivity (Wildman–Crippen MR) is 42.6 cm³/mol. The average molecular weight is 188 g/mol. The van der Waals surface area contributed by atoms with Gasteiger partial charge in [-0.2, -0.15) is 0 Å². The molecule has 0 bridgehead atoms. The summed E-state index contributed by atoms with van der Waals surface area (Å²) < 4.78 is 4.30. The number of carbonyl (C=O) groups is 1. The second kappa shape index (κ2) is 3.40. The smallest absolute Gasteiger partial charge is 0.449 e. The second-order valence-corrected chi connectivity index (χ2v) is 2.57. The van der Waals surface area contributed by atoms with E-state index >= 15 is 0 Å². The minimum Gasteiger partial charge on any atom is -0.449 e. The van der Waals surface area contributed by atoms with Crippen molar-refractivity contribution < 1.29 is 14.6 Å². The number of nitrogens with zero attached hydrogens (tertiary/aromatic N) is 1. The van der Waals surface area contributed by atoms with Gasteiger partial charge in [0.1, 0.15) is 0 Å². The van der Waals surface area contributed by atoms with Gasteiger partial charge in [0.15, 0.2) is 0 Å². The molecule has 64 valence electrons. The quantitative estimate of drug-likeness (QED) is 0.684. The molecule has 0 spiro atoms. The molecule has 1 rings (SSSR count). The Bertz CT molecular complexity index is 293. The van der Waals surface area contributed by atoms with Crippen LogP contribution in [-0.2, 0) is 0 Å². The molecule has 0 aliphatic rings. The number of halogens is 1. The highest BCUT2D eigenvalue weighted by Crippen LogP contribution is 2.16. The van der Waals surface area contributed by atoms with E-state index in [2.05, 4.69) is 9.72 Å². The first-order valence-corrected chi connectivity index (χ1v) is 3.50. The monoisotopic (exact) mass is 187 g/mol. The second-order valence-electron chi connectivity index (χ2n) is 2.13. The van der Waals surface area contributed by atoms with Gasteiger partial charge in [-0.1, -0.05) is 11.6 Å². The summed E-state index contributed by atoms with van der Waals surface area (Å²) in [6, 6.07) is 2.94. The Morgan fingerprint density at radius 2 is 2.33 bits per heavy atom. The largest absolute Gasteiger partial charge is 0.512 e. The standard InChI is InChI=1S/C7H6ClNO3/c1-4-2-5(8)3-6(9-4)12-7(10)11/h2-3H,1H3,(H,10,11). The molecular formula is C7H6ClNO3. The molecule has 0 fully saturated rings. The normalized spacial score (nSPS) is 9.50. The van der Waals surface area contributed by atoms with Crippen molar-refractivity contribution in [2.75, 3.05) is 0 Å². The van der Waals surface area contributed by atoms with Gasteiger partial charge in [-0.05, 0) is 13.0 Å². The van der Waals surface area contributed by atoms with E-state index in [0.717, 1.165) is 0 Å². The summed E-state index contributed by atoms with van der Waals surface area (Å²) in [6.07, 6.45) is -1.40. The van der Waals surface area contributed by atoms with Gasteiger partial charge in [0.25, 0.3) is 0 Å². The summed E-state index contributed by atoms with van der Waals surface area (Å²) in [5, 5.41) is 8.65. The van der Waals surface area contributed by atoms with E-state index < -0.39 is 6.16 Å². The Labute approximate surface area is 73.8 Å². The van der Waals surface area contributed by atoms with Gasteiger partial charge in [0.05, 0.1) is 0 Å². The molecule has 0 unspecified atom stereocenters. The van der Waals surface area contributed by atoms with Gasteiger partial charge < -0.3 is 9.84 Å². The van der Waals surface area contributed by atoms with E-state index in [1.54, 1.807) is 13.0 Å². The van der Waals surface area contributed by atoms with Crippen LogP contribution in [0.15, 0.2) is 12.1 Å². The Hall–Kier alpha value is -1.29. The average Bonchev–Trinajstić information content (AvgIpc) is 1.81. The van der Waals surface area contributed by atoms with E-state index in [1.165, 1.54) is 6.07 Å². The summed E-state index contributed by atoms with van der Waals surface area (Å²) in [6.45, 7) is 1.70. The van der Waals surface area contributed by atoms with Gasteiger partial charge in [0.2, 0.25) is 5.88 Å². The maximum absolute atomic E-state index is 10.1. The lowest BCUT2D eigenvalue weighted by atomic mass is 10.4. The zero-order valence-electron chi connectivity index (χ0n) is 6.24. The highest BCUT2D eigenvalue weighted by atomic mass is 35.5. The van der Waals surface area contributed by atoms with Crippen LogP contribution >= 0.6 is 11.6 Å². The topological polar surface area (TPSA) is 59.4 Å². The molecule has 4 nitrogen and oxygen atoms in total. The van der Waals surface area contributed by atoms with Crippen molar-refractivity contribution in [3.8, 4) is 5.88 Å². The Morgan fingerprint density at radius 1 is 1.67 bits per heavy atom. The molecule has 5 heteroatoms. The zero-order chi connectivity index (χ0) is 9.14. The van der Waals surface area contributed by atoms with Gasteiger partial charge in [0, 0.05) is 16.8 Å². The van der Waals surface area contributed by atoms with Gasteiger partial charge in [-0.3, -0.25) is 0 Å². The van der Waals surface area contributed by atoms with E-state index in [4.69, 9.17) is 16.7 Å². The molecule has 0 saturated carbocycles. The van der Waals surface area contributed by atoms with Crippen LogP contribution in [0.25, 0.3) is 0 Å². The van der Waals surface area contributed by atoms with Crippen LogP contribution in [0.1, 0.15) is 5.69 Å². The Kier molecular flexibility index (Phi) is 2.50. The molecule has 1 N–H and O–H groups in total. The number of carboxylic acid groups (broad SMARTS) is 1. The molecule has 1 heterocycles. The summed E-state index contributed by atoms with van der Waals surface area (Å²) in [5.41, 5.74) is 0.610. The lowest BCUT2D eigenvalue weighted by Gasteiger charge is -1.99. The third-order valence-electron chi connectivity index (χ3n) is 1.09. The molecule has 0 radical (unpaired) electrons. The first kappa shape index (κ1) is 8.80. The number of aromatic nitrogens is 1. The van der Waals surface area contributed by atoms with Crippen LogP contribution in [0.3, 0.4) is 0 Å². The van der Waals surface area contributed by atoms with Crippen LogP contribution in [-0.4, -0.2) is 16.2 Å². The first-order valence-electron chi connectivity index (χ1n) is 3.13. The molecule has 0 amide bonds. The molecule has 0 atom stereocenters. The molecule has 0 aliphatic carbocycles. The Morgan fingerprint density at radius 3 is 2.83 bits per heavy atom. The molecular weight excluding hydrogens is 182 g/mol. The highest BCUT2D eigenvalue weighted by molar-refractivity contribution is 6.30. The Balaban J connectivity index is 2.93. The van der Waals surface area contributed by atoms with Crippen molar-refractivity contribution in [1.29, 1.82) is 0 Å². The SMILES string of the molecule is Cc1cc(Cl)cc(OC(=O)O)n1. The lowest BCUT2D eigenvalue weighted by Crippen LogP contribution is -2.04. The van der Waals surface area contributed by atoms with E-state index in [9.17, 15) is 4.79 Å². The van der Waals surface area contributed by atoms with Gasteiger partial charge >= 0.3 is 6.16 Å². The lowest BCUT2D eigenvalue weighted by molar-refractivity contribution is 0.142. The molecule has 0 aromatic carbocycles. The predicted octanol–water partition coefficient (Wildman–Crippen LogP) is 2.10. The number of aryl methyl sites for hydroxylation is 1. The van der Waals surface area contributed by atoms with Crippen molar-refractivity contribution in [1.82, 2.24) is 4.98 Å². The molecule has 1 aromatic heterocycles. The van der Waals surface area contributed by atoms with Gasteiger partial charge in [-0.25, -0.2) is 9.78 Å². The number of ether oxygens (including phenoxy) is 1. The maximum atomic E-state index is 10.1.